The highest BCUT2D eigenvalue weighted by atomic mass is 127. The van der Waals surface area contributed by atoms with Gasteiger partial charge in [0.05, 0.1) is 17.2 Å². The summed E-state index contributed by atoms with van der Waals surface area (Å²) in [6.07, 6.45) is 0. The molecule has 0 aromatic heterocycles. The van der Waals surface area contributed by atoms with Crippen molar-refractivity contribution in [2.24, 2.45) is 0 Å². The SMILES string of the molecule is CCOC(=O)c1cc(I)c(Cl)c(S(=O)(=O)Cl)c1. The monoisotopic (exact) mass is 408 g/mol. The molecule has 0 saturated carbocycles. The molecule has 0 aliphatic heterocycles. The molecule has 17 heavy (non-hydrogen) atoms. The zero-order chi connectivity index (χ0) is 13.2. The van der Waals surface area contributed by atoms with Gasteiger partial charge in [0.25, 0.3) is 9.05 Å². The Morgan fingerprint density at radius 3 is 2.53 bits per heavy atom. The summed E-state index contributed by atoms with van der Waals surface area (Å²) in [6.45, 7) is 1.85. The summed E-state index contributed by atoms with van der Waals surface area (Å²) in [5, 5.41) is -0.00588. The van der Waals surface area contributed by atoms with E-state index in [2.05, 4.69) is 0 Å². The topological polar surface area (TPSA) is 60.4 Å². The van der Waals surface area contributed by atoms with Gasteiger partial charge in [0.1, 0.15) is 4.90 Å². The van der Waals surface area contributed by atoms with Crippen LogP contribution in [0.3, 0.4) is 0 Å². The van der Waals surface area contributed by atoms with E-state index in [4.69, 9.17) is 27.0 Å². The first-order chi connectivity index (χ1) is 7.77. The lowest BCUT2D eigenvalue weighted by Gasteiger charge is -2.07. The molecule has 94 valence electrons. The number of esters is 1. The van der Waals surface area contributed by atoms with E-state index >= 15 is 0 Å². The molecule has 1 aromatic rings. The molecule has 0 N–H and O–H groups in total. The van der Waals surface area contributed by atoms with Gasteiger partial charge in [-0.25, -0.2) is 13.2 Å². The van der Waals surface area contributed by atoms with Crippen molar-refractivity contribution in [2.75, 3.05) is 6.61 Å². The lowest BCUT2D eigenvalue weighted by molar-refractivity contribution is 0.0526. The van der Waals surface area contributed by atoms with Crippen LogP contribution in [0.25, 0.3) is 0 Å². The minimum atomic E-state index is -4.00. The number of hydrogen-bond donors (Lipinski definition) is 0. The Morgan fingerprint density at radius 2 is 2.06 bits per heavy atom. The first kappa shape index (κ1) is 15.0. The molecule has 0 heterocycles. The van der Waals surface area contributed by atoms with E-state index in [0.717, 1.165) is 6.07 Å². The van der Waals surface area contributed by atoms with E-state index in [1.165, 1.54) is 6.07 Å². The third kappa shape index (κ3) is 3.70. The Hall–Kier alpha value is -0.0500. The molecule has 0 aliphatic rings. The lowest BCUT2D eigenvalue weighted by atomic mass is 10.2. The lowest BCUT2D eigenvalue weighted by Crippen LogP contribution is -2.07. The summed E-state index contributed by atoms with van der Waals surface area (Å²) in [5.41, 5.74) is 0.0971. The largest absolute Gasteiger partial charge is 0.462 e. The van der Waals surface area contributed by atoms with Crippen LogP contribution >= 0.6 is 44.9 Å². The minimum Gasteiger partial charge on any atom is -0.462 e. The van der Waals surface area contributed by atoms with Gasteiger partial charge < -0.3 is 4.74 Å². The first-order valence-corrected chi connectivity index (χ1v) is 8.14. The average Bonchev–Trinajstić information content (AvgIpc) is 2.20. The second-order valence-electron chi connectivity index (χ2n) is 2.93. The third-order valence-electron chi connectivity index (χ3n) is 1.77. The Labute approximate surface area is 122 Å². The van der Waals surface area contributed by atoms with E-state index in [1.54, 1.807) is 6.92 Å². The number of carbonyl (C=O) groups excluding carboxylic acids is 1. The van der Waals surface area contributed by atoms with Crippen LogP contribution in [0.1, 0.15) is 17.3 Å². The van der Waals surface area contributed by atoms with Crippen molar-refractivity contribution < 1.29 is 17.9 Å². The van der Waals surface area contributed by atoms with E-state index < -0.39 is 15.0 Å². The predicted octanol–water partition coefficient (Wildman–Crippen LogP) is 3.05. The minimum absolute atomic E-state index is 0.00588. The van der Waals surface area contributed by atoms with Crippen molar-refractivity contribution in [2.45, 2.75) is 11.8 Å². The van der Waals surface area contributed by atoms with E-state index in [1.807, 2.05) is 22.6 Å². The van der Waals surface area contributed by atoms with Gasteiger partial charge in [0.2, 0.25) is 0 Å². The highest BCUT2D eigenvalue weighted by molar-refractivity contribution is 14.1. The van der Waals surface area contributed by atoms with Crippen LogP contribution in [0.2, 0.25) is 5.02 Å². The second kappa shape index (κ2) is 5.73. The van der Waals surface area contributed by atoms with Crippen molar-refractivity contribution in [3.8, 4) is 0 Å². The van der Waals surface area contributed by atoms with Gasteiger partial charge in [-0.05, 0) is 41.6 Å². The fourth-order valence-electron chi connectivity index (χ4n) is 1.07. The van der Waals surface area contributed by atoms with Gasteiger partial charge in [-0.3, -0.25) is 0 Å². The van der Waals surface area contributed by atoms with Crippen LogP contribution in [0.4, 0.5) is 0 Å². The van der Waals surface area contributed by atoms with Crippen molar-refractivity contribution in [3.05, 3.63) is 26.3 Å². The molecule has 0 radical (unpaired) electrons. The number of ether oxygens (including phenoxy) is 1. The van der Waals surface area contributed by atoms with Crippen LogP contribution < -0.4 is 0 Å². The van der Waals surface area contributed by atoms with Crippen LogP contribution in [-0.4, -0.2) is 21.0 Å². The van der Waals surface area contributed by atoms with E-state index in [0.29, 0.717) is 3.57 Å². The molecule has 0 atom stereocenters. The zero-order valence-electron chi connectivity index (χ0n) is 8.54. The van der Waals surface area contributed by atoms with E-state index in [9.17, 15) is 13.2 Å². The molecule has 8 heteroatoms. The van der Waals surface area contributed by atoms with Crippen LogP contribution in [-0.2, 0) is 13.8 Å². The van der Waals surface area contributed by atoms with Crippen molar-refractivity contribution in [3.63, 3.8) is 0 Å². The molecule has 0 saturated heterocycles. The summed E-state index contributed by atoms with van der Waals surface area (Å²) >= 11 is 7.62. The summed E-state index contributed by atoms with van der Waals surface area (Å²) in [6, 6.07) is 2.54. The highest BCUT2D eigenvalue weighted by Gasteiger charge is 2.20. The molecular formula is C9H7Cl2IO4S. The van der Waals surface area contributed by atoms with Crippen molar-refractivity contribution >= 4 is 59.9 Å². The molecule has 1 rings (SSSR count). The van der Waals surface area contributed by atoms with E-state index in [-0.39, 0.29) is 22.1 Å². The molecule has 0 amide bonds. The fourth-order valence-corrected chi connectivity index (χ4v) is 3.37. The Balaban J connectivity index is 3.39. The van der Waals surface area contributed by atoms with Gasteiger partial charge in [-0.1, -0.05) is 11.6 Å². The number of benzene rings is 1. The fraction of sp³-hybridized carbons (Fsp3) is 0.222. The zero-order valence-corrected chi connectivity index (χ0v) is 13.0. The van der Waals surface area contributed by atoms with Gasteiger partial charge >= 0.3 is 5.97 Å². The Bertz CT molecular complexity index is 556. The maximum Gasteiger partial charge on any atom is 0.338 e. The molecule has 0 unspecified atom stereocenters. The molecule has 0 fully saturated rings. The molecule has 1 aromatic carbocycles. The summed E-state index contributed by atoms with van der Waals surface area (Å²) in [4.78, 5) is 11.2. The van der Waals surface area contributed by atoms with Crippen molar-refractivity contribution in [1.82, 2.24) is 0 Å². The van der Waals surface area contributed by atoms with Gasteiger partial charge in [0.15, 0.2) is 0 Å². The first-order valence-electron chi connectivity index (χ1n) is 4.38. The maximum absolute atomic E-state index is 11.5. The molecule has 0 aliphatic carbocycles. The number of hydrogen-bond acceptors (Lipinski definition) is 4. The molecular weight excluding hydrogens is 402 g/mol. The normalized spacial score (nSPS) is 11.3. The average molecular weight is 409 g/mol. The number of rotatable bonds is 3. The van der Waals surface area contributed by atoms with Gasteiger partial charge in [-0.2, -0.15) is 0 Å². The quantitative estimate of drug-likeness (QED) is 0.438. The maximum atomic E-state index is 11.5. The summed E-state index contributed by atoms with van der Waals surface area (Å²) in [5.74, 6) is -0.622. The smallest absolute Gasteiger partial charge is 0.338 e. The van der Waals surface area contributed by atoms with Crippen molar-refractivity contribution in [1.29, 1.82) is 0 Å². The Kier molecular flexibility index (Phi) is 5.06. The second-order valence-corrected chi connectivity index (χ2v) is 7.00. The molecule has 4 nitrogen and oxygen atoms in total. The predicted molar refractivity (Wildman–Crippen MR) is 73.2 cm³/mol. The standard InChI is InChI=1S/C9H7Cl2IO4S/c1-2-16-9(13)5-3-6(12)8(10)7(4-5)17(11,14)15/h3-4H,2H2,1H3. The van der Waals surface area contributed by atoms with Crippen LogP contribution in [0.15, 0.2) is 17.0 Å². The Morgan fingerprint density at radius 1 is 1.47 bits per heavy atom. The molecule has 0 spiro atoms. The number of carbonyl (C=O) groups is 1. The highest BCUT2D eigenvalue weighted by Crippen LogP contribution is 2.30. The van der Waals surface area contributed by atoms with Gasteiger partial charge in [0, 0.05) is 14.3 Å². The molecule has 0 bridgehead atoms. The van der Waals surface area contributed by atoms with Crippen LogP contribution in [0.5, 0.6) is 0 Å². The third-order valence-corrected chi connectivity index (χ3v) is 4.80. The van der Waals surface area contributed by atoms with Gasteiger partial charge in [-0.15, -0.1) is 0 Å². The summed E-state index contributed by atoms with van der Waals surface area (Å²) < 4.78 is 27.7. The summed E-state index contributed by atoms with van der Waals surface area (Å²) in [7, 11) is 1.22. The van der Waals surface area contributed by atoms with Crippen LogP contribution in [0, 0.1) is 3.57 Å². The number of halogens is 3.